The average molecular weight is 379 g/mol. The van der Waals surface area contributed by atoms with Gasteiger partial charge in [0.05, 0.1) is 36.6 Å². The summed E-state index contributed by atoms with van der Waals surface area (Å²) in [5, 5.41) is 10.2. The number of imidazole rings is 1. The highest BCUT2D eigenvalue weighted by atomic mass is 16.3. The highest BCUT2D eigenvalue weighted by Gasteiger charge is 2.32. The number of fused-ring (bicyclic) bond motifs is 1. The molecule has 3 heterocycles. The molecular formula is C21H25N5O2. The summed E-state index contributed by atoms with van der Waals surface area (Å²) in [7, 11) is 0. The maximum absolute atomic E-state index is 13.0. The summed E-state index contributed by atoms with van der Waals surface area (Å²) in [5.41, 5.74) is 0.656. The van der Waals surface area contributed by atoms with Crippen molar-refractivity contribution in [3.05, 3.63) is 58.7 Å². The molecule has 1 aliphatic heterocycles. The van der Waals surface area contributed by atoms with Gasteiger partial charge in [-0.05, 0) is 44.4 Å². The van der Waals surface area contributed by atoms with Crippen LogP contribution in [-0.2, 0) is 13.1 Å². The normalized spacial score (nSPS) is 20.2. The minimum Gasteiger partial charge on any atom is -0.395 e. The molecule has 2 aromatic heterocycles. The Balaban J connectivity index is 1.53. The first kappa shape index (κ1) is 17.6. The van der Waals surface area contributed by atoms with Crippen molar-refractivity contribution in [3.8, 4) is 0 Å². The summed E-state index contributed by atoms with van der Waals surface area (Å²) in [6.45, 7) is 1.92. The van der Waals surface area contributed by atoms with Crippen molar-refractivity contribution < 1.29 is 5.11 Å². The lowest BCUT2D eigenvalue weighted by Crippen LogP contribution is -2.33. The van der Waals surface area contributed by atoms with E-state index in [1.165, 1.54) is 12.8 Å². The van der Waals surface area contributed by atoms with Crippen LogP contribution in [-0.4, -0.2) is 42.3 Å². The number of aliphatic hydroxyl groups excluding tert-OH is 1. The molecule has 0 bridgehead atoms. The van der Waals surface area contributed by atoms with Gasteiger partial charge in [0.15, 0.2) is 0 Å². The summed E-state index contributed by atoms with van der Waals surface area (Å²) in [4.78, 5) is 24.9. The van der Waals surface area contributed by atoms with Gasteiger partial charge in [-0.3, -0.25) is 14.3 Å². The molecule has 0 spiro atoms. The first-order chi connectivity index (χ1) is 13.8. The van der Waals surface area contributed by atoms with Crippen LogP contribution in [0.5, 0.6) is 0 Å². The zero-order valence-corrected chi connectivity index (χ0v) is 15.9. The second kappa shape index (κ2) is 7.14. The van der Waals surface area contributed by atoms with Crippen LogP contribution in [0.15, 0.2) is 41.5 Å². The van der Waals surface area contributed by atoms with E-state index in [-0.39, 0.29) is 24.8 Å². The Labute approximate surface area is 163 Å². The van der Waals surface area contributed by atoms with E-state index in [2.05, 4.69) is 20.6 Å². The molecule has 2 aliphatic rings. The first-order valence-electron chi connectivity index (χ1n) is 10.1. The summed E-state index contributed by atoms with van der Waals surface area (Å²) in [6.07, 6.45) is 8.45. The number of aliphatic hydroxyl groups is 1. The monoisotopic (exact) mass is 379 g/mol. The fourth-order valence-corrected chi connectivity index (χ4v) is 4.40. The Morgan fingerprint density at radius 2 is 2.04 bits per heavy atom. The molecule has 1 unspecified atom stereocenters. The van der Waals surface area contributed by atoms with Crippen molar-refractivity contribution in [1.29, 1.82) is 0 Å². The van der Waals surface area contributed by atoms with Crippen LogP contribution in [0, 0.1) is 0 Å². The van der Waals surface area contributed by atoms with Gasteiger partial charge in [0, 0.05) is 18.4 Å². The highest BCUT2D eigenvalue weighted by molar-refractivity contribution is 5.77. The predicted octanol–water partition coefficient (Wildman–Crippen LogP) is 2.26. The Kier molecular flexibility index (Phi) is 4.49. The van der Waals surface area contributed by atoms with Crippen molar-refractivity contribution in [2.45, 2.75) is 50.9 Å². The molecule has 0 radical (unpaired) electrons. The van der Waals surface area contributed by atoms with Crippen molar-refractivity contribution in [3.63, 3.8) is 0 Å². The molecule has 146 valence electrons. The van der Waals surface area contributed by atoms with Crippen LogP contribution in [0.4, 0.5) is 0 Å². The first-order valence-corrected chi connectivity index (χ1v) is 10.1. The van der Waals surface area contributed by atoms with Crippen LogP contribution < -0.4 is 5.56 Å². The van der Waals surface area contributed by atoms with Gasteiger partial charge >= 0.3 is 0 Å². The van der Waals surface area contributed by atoms with Gasteiger partial charge < -0.3 is 9.67 Å². The predicted molar refractivity (Wildman–Crippen MR) is 106 cm³/mol. The fourth-order valence-electron chi connectivity index (χ4n) is 4.40. The molecule has 1 atom stereocenters. The smallest absolute Gasteiger partial charge is 0.261 e. The standard InChI is InChI=1S/C21H25N5O2/c27-13-12-26-20(23-17-5-2-1-4-16(17)21(26)28)18-6-3-10-24(18)14-19-22-9-11-25(19)15-7-8-15/h1-2,4-5,9,11,15,18,27H,3,6-8,10,12-14H2. The van der Waals surface area contributed by atoms with Crippen LogP contribution in [0.1, 0.15) is 49.4 Å². The quantitative estimate of drug-likeness (QED) is 0.711. The van der Waals surface area contributed by atoms with Crippen LogP contribution in [0.2, 0.25) is 0 Å². The molecule has 2 fully saturated rings. The third-order valence-corrected chi connectivity index (χ3v) is 5.91. The van der Waals surface area contributed by atoms with E-state index in [1.54, 1.807) is 10.6 Å². The number of hydrogen-bond acceptors (Lipinski definition) is 5. The van der Waals surface area contributed by atoms with Crippen molar-refractivity contribution in [1.82, 2.24) is 24.0 Å². The van der Waals surface area contributed by atoms with E-state index in [4.69, 9.17) is 4.98 Å². The molecule has 1 aromatic carbocycles. The molecule has 7 nitrogen and oxygen atoms in total. The van der Waals surface area contributed by atoms with E-state index in [1.807, 2.05) is 24.4 Å². The van der Waals surface area contributed by atoms with Crippen LogP contribution in [0.25, 0.3) is 10.9 Å². The number of benzene rings is 1. The van der Waals surface area contributed by atoms with Crippen molar-refractivity contribution in [2.24, 2.45) is 0 Å². The third kappa shape index (κ3) is 3.04. The molecule has 1 N–H and O–H groups in total. The Bertz CT molecular complexity index is 1050. The summed E-state index contributed by atoms with van der Waals surface area (Å²) < 4.78 is 3.96. The minimum absolute atomic E-state index is 0.0632. The van der Waals surface area contributed by atoms with Crippen molar-refractivity contribution in [2.75, 3.05) is 13.2 Å². The number of likely N-dealkylation sites (tertiary alicyclic amines) is 1. The van der Waals surface area contributed by atoms with Gasteiger partial charge in [-0.1, -0.05) is 12.1 Å². The van der Waals surface area contributed by atoms with Gasteiger partial charge in [-0.2, -0.15) is 0 Å². The van der Waals surface area contributed by atoms with Crippen molar-refractivity contribution >= 4 is 10.9 Å². The number of para-hydroxylation sites is 1. The number of rotatable bonds is 6. The van der Waals surface area contributed by atoms with Crippen LogP contribution in [0.3, 0.4) is 0 Å². The summed E-state index contributed by atoms with van der Waals surface area (Å²) in [5.74, 6) is 1.85. The summed E-state index contributed by atoms with van der Waals surface area (Å²) in [6, 6.07) is 8.13. The molecule has 1 aliphatic carbocycles. The molecule has 3 aromatic rings. The molecule has 7 heteroatoms. The van der Waals surface area contributed by atoms with Crippen LogP contribution >= 0.6 is 0 Å². The van der Waals surface area contributed by atoms with Gasteiger partial charge in [0.25, 0.3) is 5.56 Å². The topological polar surface area (TPSA) is 76.2 Å². The average Bonchev–Trinajstić information content (AvgIpc) is 3.27. The molecular weight excluding hydrogens is 354 g/mol. The Morgan fingerprint density at radius 1 is 1.18 bits per heavy atom. The lowest BCUT2D eigenvalue weighted by atomic mass is 10.1. The molecule has 1 saturated carbocycles. The molecule has 5 rings (SSSR count). The Morgan fingerprint density at radius 3 is 2.86 bits per heavy atom. The van der Waals surface area contributed by atoms with Gasteiger partial charge in [-0.15, -0.1) is 0 Å². The van der Waals surface area contributed by atoms with Gasteiger partial charge in [-0.25, -0.2) is 9.97 Å². The fraction of sp³-hybridized carbons (Fsp3) is 0.476. The zero-order valence-electron chi connectivity index (χ0n) is 15.9. The lowest BCUT2D eigenvalue weighted by molar-refractivity contribution is 0.216. The minimum atomic E-state index is -0.0776. The zero-order chi connectivity index (χ0) is 19.1. The second-order valence-electron chi connectivity index (χ2n) is 7.78. The van der Waals surface area contributed by atoms with E-state index in [0.717, 1.165) is 43.1 Å². The van der Waals surface area contributed by atoms with E-state index < -0.39 is 0 Å². The SMILES string of the molecule is O=c1c2ccccc2nc(C2CCCN2Cc2nccn2C2CC2)n1CCO. The maximum Gasteiger partial charge on any atom is 0.261 e. The highest BCUT2D eigenvalue weighted by Crippen LogP contribution is 2.37. The van der Waals surface area contributed by atoms with Gasteiger partial charge in [0.2, 0.25) is 0 Å². The summed E-state index contributed by atoms with van der Waals surface area (Å²) >= 11 is 0. The second-order valence-corrected chi connectivity index (χ2v) is 7.78. The third-order valence-electron chi connectivity index (χ3n) is 5.91. The maximum atomic E-state index is 13.0. The molecule has 28 heavy (non-hydrogen) atoms. The van der Waals surface area contributed by atoms with E-state index >= 15 is 0 Å². The molecule has 1 saturated heterocycles. The molecule has 0 amide bonds. The number of aromatic nitrogens is 4. The van der Waals surface area contributed by atoms with E-state index in [9.17, 15) is 9.90 Å². The van der Waals surface area contributed by atoms with E-state index in [0.29, 0.717) is 11.4 Å². The number of nitrogens with zero attached hydrogens (tertiary/aromatic N) is 5. The lowest BCUT2D eigenvalue weighted by Gasteiger charge is -2.26. The van der Waals surface area contributed by atoms with Gasteiger partial charge in [0.1, 0.15) is 11.6 Å². The number of hydrogen-bond donors (Lipinski definition) is 1. The Hall–Kier alpha value is -2.51. The largest absolute Gasteiger partial charge is 0.395 e.